The third-order valence-corrected chi connectivity index (χ3v) is 5.35. The molecule has 0 bridgehead atoms. The maximum atomic E-state index is 5.38. The van der Waals surface area contributed by atoms with Crippen molar-refractivity contribution in [2.45, 2.75) is 26.7 Å². The smallest absolute Gasteiger partial charge is 0.169 e. The number of benzene rings is 1. The Morgan fingerprint density at radius 1 is 1.23 bits per heavy atom. The maximum absolute atomic E-state index is 5.38. The zero-order valence-electron chi connectivity index (χ0n) is 13.6. The van der Waals surface area contributed by atoms with Crippen molar-refractivity contribution >= 4 is 16.7 Å². The lowest BCUT2D eigenvalue weighted by atomic mass is 9.94. The Kier molecular flexibility index (Phi) is 3.57. The van der Waals surface area contributed by atoms with Gasteiger partial charge in [-0.25, -0.2) is 0 Å². The summed E-state index contributed by atoms with van der Waals surface area (Å²) in [5.41, 5.74) is 3.15. The van der Waals surface area contributed by atoms with Crippen LogP contribution in [0.4, 0.5) is 5.69 Å². The van der Waals surface area contributed by atoms with E-state index in [0.29, 0.717) is 0 Å². The third-order valence-electron chi connectivity index (χ3n) is 5.35. The van der Waals surface area contributed by atoms with E-state index in [1.807, 2.05) is 6.92 Å². The number of anilines is 1. The van der Waals surface area contributed by atoms with Crippen LogP contribution >= 0.6 is 0 Å². The van der Waals surface area contributed by atoms with Crippen LogP contribution < -0.4 is 4.90 Å². The van der Waals surface area contributed by atoms with Gasteiger partial charge in [0.15, 0.2) is 5.58 Å². The van der Waals surface area contributed by atoms with E-state index in [-0.39, 0.29) is 0 Å². The van der Waals surface area contributed by atoms with E-state index >= 15 is 0 Å². The van der Waals surface area contributed by atoms with Gasteiger partial charge in [-0.3, -0.25) is 0 Å². The summed E-state index contributed by atoms with van der Waals surface area (Å²) in [4.78, 5) is 5.11. The van der Waals surface area contributed by atoms with E-state index in [2.05, 4.69) is 40.1 Å². The number of nitrogens with zero attached hydrogens (tertiary/aromatic N) is 3. The van der Waals surface area contributed by atoms with Crippen LogP contribution in [0.1, 0.15) is 25.5 Å². The van der Waals surface area contributed by atoms with Gasteiger partial charge >= 0.3 is 0 Å². The van der Waals surface area contributed by atoms with E-state index in [9.17, 15) is 0 Å². The Bertz CT molecular complexity index is 651. The van der Waals surface area contributed by atoms with Gasteiger partial charge in [0.1, 0.15) is 0 Å². The predicted octanol–water partition coefficient (Wildman–Crippen LogP) is 3.30. The molecular weight excluding hydrogens is 274 g/mol. The first-order valence-electron chi connectivity index (χ1n) is 8.52. The molecule has 0 atom stereocenters. The molecule has 0 aliphatic carbocycles. The fraction of sp³-hybridized carbons (Fsp3) is 0.611. The second-order valence-corrected chi connectivity index (χ2v) is 7.20. The SMILES string of the molecule is Cc1noc2cc(N3CC(CN4CCC(C)CC4)C3)ccc12. The van der Waals surface area contributed by atoms with Gasteiger partial charge in [-0.05, 0) is 50.9 Å². The highest BCUT2D eigenvalue weighted by Gasteiger charge is 2.29. The third kappa shape index (κ3) is 2.60. The highest BCUT2D eigenvalue weighted by Crippen LogP contribution is 2.30. The van der Waals surface area contributed by atoms with Crippen molar-refractivity contribution in [2.75, 3.05) is 37.6 Å². The molecule has 22 heavy (non-hydrogen) atoms. The lowest BCUT2D eigenvalue weighted by molar-refractivity contribution is 0.155. The molecule has 118 valence electrons. The maximum Gasteiger partial charge on any atom is 0.169 e. The van der Waals surface area contributed by atoms with Crippen LogP contribution in [0.25, 0.3) is 11.0 Å². The first-order chi connectivity index (χ1) is 10.7. The standard InChI is InChI=1S/C18H25N3O/c1-13-5-7-20(8-6-13)10-15-11-21(12-15)16-3-4-17-14(2)19-22-18(17)9-16/h3-4,9,13,15H,5-8,10-12H2,1-2H3. The topological polar surface area (TPSA) is 32.5 Å². The number of aromatic nitrogens is 1. The molecule has 2 saturated heterocycles. The van der Waals surface area contributed by atoms with Gasteiger partial charge in [-0.15, -0.1) is 0 Å². The highest BCUT2D eigenvalue weighted by molar-refractivity contribution is 5.83. The Balaban J connectivity index is 1.34. The molecular formula is C18H25N3O. The summed E-state index contributed by atoms with van der Waals surface area (Å²) in [7, 11) is 0. The number of hydrogen-bond donors (Lipinski definition) is 0. The van der Waals surface area contributed by atoms with Crippen LogP contribution in [0.2, 0.25) is 0 Å². The summed E-state index contributed by atoms with van der Waals surface area (Å²) in [6.45, 7) is 10.6. The lowest BCUT2D eigenvalue weighted by Gasteiger charge is -2.44. The fourth-order valence-electron chi connectivity index (χ4n) is 3.75. The molecule has 1 aromatic heterocycles. The van der Waals surface area contributed by atoms with E-state index in [1.54, 1.807) is 0 Å². The number of piperidine rings is 1. The van der Waals surface area contributed by atoms with E-state index in [1.165, 1.54) is 51.3 Å². The van der Waals surface area contributed by atoms with Gasteiger partial charge < -0.3 is 14.3 Å². The molecule has 0 spiro atoms. The average molecular weight is 299 g/mol. The normalized spacial score (nSPS) is 21.5. The van der Waals surface area contributed by atoms with Crippen molar-refractivity contribution in [2.24, 2.45) is 11.8 Å². The van der Waals surface area contributed by atoms with Gasteiger partial charge in [0, 0.05) is 42.7 Å². The van der Waals surface area contributed by atoms with Gasteiger partial charge in [0.25, 0.3) is 0 Å². The highest BCUT2D eigenvalue weighted by atomic mass is 16.5. The minimum absolute atomic E-state index is 0.820. The quantitative estimate of drug-likeness (QED) is 0.870. The second kappa shape index (κ2) is 5.58. The van der Waals surface area contributed by atoms with Crippen molar-refractivity contribution < 1.29 is 4.52 Å². The number of fused-ring (bicyclic) bond motifs is 1. The van der Waals surface area contributed by atoms with Crippen LogP contribution in [-0.2, 0) is 0 Å². The van der Waals surface area contributed by atoms with Gasteiger partial charge in [0.2, 0.25) is 0 Å². The molecule has 0 amide bonds. The summed E-state index contributed by atoms with van der Waals surface area (Å²) < 4.78 is 5.38. The summed E-state index contributed by atoms with van der Waals surface area (Å²) >= 11 is 0. The first kappa shape index (κ1) is 14.1. The summed E-state index contributed by atoms with van der Waals surface area (Å²) in [6, 6.07) is 6.47. The van der Waals surface area contributed by atoms with E-state index in [4.69, 9.17) is 4.52 Å². The number of likely N-dealkylation sites (tertiary alicyclic amines) is 1. The molecule has 2 aliphatic heterocycles. The average Bonchev–Trinajstić information content (AvgIpc) is 2.85. The lowest BCUT2D eigenvalue weighted by Crippen LogP contribution is -2.52. The summed E-state index contributed by atoms with van der Waals surface area (Å²) in [5, 5.41) is 5.17. The summed E-state index contributed by atoms with van der Waals surface area (Å²) in [6.07, 6.45) is 2.75. The number of hydrogen-bond acceptors (Lipinski definition) is 4. The van der Waals surface area contributed by atoms with Crippen LogP contribution in [-0.4, -0.2) is 42.8 Å². The molecule has 2 aliphatic rings. The molecule has 4 nitrogen and oxygen atoms in total. The van der Waals surface area contributed by atoms with Crippen molar-refractivity contribution in [1.82, 2.24) is 10.1 Å². The Morgan fingerprint density at radius 3 is 2.77 bits per heavy atom. The minimum Gasteiger partial charge on any atom is -0.371 e. The molecule has 4 heteroatoms. The first-order valence-corrected chi connectivity index (χ1v) is 8.52. The molecule has 0 saturated carbocycles. The van der Waals surface area contributed by atoms with Crippen molar-refractivity contribution in [1.29, 1.82) is 0 Å². The van der Waals surface area contributed by atoms with E-state index < -0.39 is 0 Å². The van der Waals surface area contributed by atoms with Crippen LogP contribution in [0.5, 0.6) is 0 Å². The van der Waals surface area contributed by atoms with Gasteiger partial charge in [0.05, 0.1) is 5.69 Å². The molecule has 0 N–H and O–H groups in total. The molecule has 4 rings (SSSR count). The molecule has 2 fully saturated rings. The number of rotatable bonds is 3. The molecule has 3 heterocycles. The van der Waals surface area contributed by atoms with Gasteiger partial charge in [-0.1, -0.05) is 12.1 Å². The number of aryl methyl sites for hydroxylation is 1. The Hall–Kier alpha value is -1.55. The van der Waals surface area contributed by atoms with Crippen molar-refractivity contribution in [3.63, 3.8) is 0 Å². The van der Waals surface area contributed by atoms with Gasteiger partial charge in [-0.2, -0.15) is 0 Å². The zero-order chi connectivity index (χ0) is 15.1. The van der Waals surface area contributed by atoms with Crippen LogP contribution in [0.15, 0.2) is 22.7 Å². The monoisotopic (exact) mass is 299 g/mol. The van der Waals surface area contributed by atoms with Crippen molar-refractivity contribution in [3.05, 3.63) is 23.9 Å². The molecule has 0 radical (unpaired) electrons. The molecule has 0 unspecified atom stereocenters. The van der Waals surface area contributed by atoms with Crippen LogP contribution in [0, 0.1) is 18.8 Å². The molecule has 1 aromatic carbocycles. The summed E-state index contributed by atoms with van der Waals surface area (Å²) in [5.74, 6) is 1.74. The van der Waals surface area contributed by atoms with Crippen molar-refractivity contribution in [3.8, 4) is 0 Å². The minimum atomic E-state index is 0.820. The molecule has 2 aromatic rings. The van der Waals surface area contributed by atoms with E-state index in [0.717, 1.165) is 28.5 Å². The zero-order valence-corrected chi connectivity index (χ0v) is 13.6. The fourth-order valence-corrected chi connectivity index (χ4v) is 3.75. The second-order valence-electron chi connectivity index (χ2n) is 7.20. The predicted molar refractivity (Wildman–Crippen MR) is 89.3 cm³/mol. The Labute approximate surface area is 132 Å². The van der Waals surface area contributed by atoms with Crippen LogP contribution in [0.3, 0.4) is 0 Å². The largest absolute Gasteiger partial charge is 0.371 e. The Morgan fingerprint density at radius 2 is 2.00 bits per heavy atom.